The second-order valence-electron chi connectivity index (χ2n) is 3.80. The summed E-state index contributed by atoms with van der Waals surface area (Å²) in [6.07, 6.45) is 7.74. The van der Waals surface area contributed by atoms with Crippen LogP contribution in [0, 0.1) is 6.42 Å². The van der Waals surface area contributed by atoms with Gasteiger partial charge < -0.3 is 4.90 Å². The summed E-state index contributed by atoms with van der Waals surface area (Å²) in [5, 5.41) is 0. The molecule has 2 aliphatic heterocycles. The van der Waals surface area contributed by atoms with Crippen molar-refractivity contribution in [3.05, 3.63) is 6.42 Å². The summed E-state index contributed by atoms with van der Waals surface area (Å²) < 4.78 is 0. The first-order valence-corrected chi connectivity index (χ1v) is 4.95. The zero-order valence-electron chi connectivity index (χ0n) is 7.62. The minimum atomic E-state index is 0.357. The Kier molecular flexibility index (Phi) is 2.07. The minimum Gasteiger partial charge on any atom is -0.337 e. The highest BCUT2D eigenvalue weighted by atomic mass is 16.2. The van der Waals surface area contributed by atoms with Crippen molar-refractivity contribution in [1.29, 1.82) is 0 Å². The molecule has 2 heteroatoms. The van der Waals surface area contributed by atoms with E-state index in [1.54, 1.807) is 0 Å². The predicted octanol–water partition coefficient (Wildman–Crippen LogP) is 1.75. The van der Waals surface area contributed by atoms with Crippen LogP contribution in [0.3, 0.4) is 0 Å². The van der Waals surface area contributed by atoms with Gasteiger partial charge in [0.25, 0.3) is 0 Å². The van der Waals surface area contributed by atoms with Crippen LogP contribution in [0.2, 0.25) is 0 Å². The number of amides is 1. The molecule has 2 atom stereocenters. The van der Waals surface area contributed by atoms with Gasteiger partial charge in [-0.3, -0.25) is 4.79 Å². The number of carbonyl (C=O) groups excluding carboxylic acids is 1. The van der Waals surface area contributed by atoms with Crippen LogP contribution in [-0.4, -0.2) is 22.9 Å². The van der Waals surface area contributed by atoms with E-state index in [1.807, 2.05) is 6.92 Å². The minimum absolute atomic E-state index is 0.357. The third-order valence-electron chi connectivity index (χ3n) is 3.09. The van der Waals surface area contributed by atoms with E-state index >= 15 is 0 Å². The summed E-state index contributed by atoms with van der Waals surface area (Å²) in [6, 6.07) is 1.10. The number of hydrogen-bond donors (Lipinski definition) is 0. The monoisotopic (exact) mass is 166 g/mol. The fourth-order valence-electron chi connectivity index (χ4n) is 2.49. The number of hydrogen-bond acceptors (Lipinski definition) is 1. The van der Waals surface area contributed by atoms with Crippen molar-refractivity contribution in [3.8, 4) is 0 Å². The molecular weight excluding hydrogens is 150 g/mol. The highest BCUT2D eigenvalue weighted by Crippen LogP contribution is 2.35. The molecule has 2 heterocycles. The summed E-state index contributed by atoms with van der Waals surface area (Å²) in [4.78, 5) is 13.7. The lowest BCUT2D eigenvalue weighted by atomic mass is 10.0. The first-order valence-electron chi connectivity index (χ1n) is 4.95. The standard InChI is InChI=1S/C10H16NO/c1-2-10(12)11-8-4-3-5-9(11)7-6-8/h3,8-9H,2,4-7H2,1H3. The van der Waals surface area contributed by atoms with Gasteiger partial charge in [0.2, 0.25) is 5.91 Å². The van der Waals surface area contributed by atoms with Gasteiger partial charge in [-0.15, -0.1) is 0 Å². The summed E-state index contributed by atoms with van der Waals surface area (Å²) in [5.41, 5.74) is 0. The first kappa shape index (κ1) is 8.09. The molecule has 0 saturated carbocycles. The smallest absolute Gasteiger partial charge is 0.222 e. The van der Waals surface area contributed by atoms with Gasteiger partial charge in [0.1, 0.15) is 0 Å². The van der Waals surface area contributed by atoms with E-state index in [1.165, 1.54) is 12.8 Å². The van der Waals surface area contributed by atoms with E-state index in [2.05, 4.69) is 11.3 Å². The van der Waals surface area contributed by atoms with Crippen molar-refractivity contribution in [2.45, 2.75) is 51.1 Å². The zero-order valence-corrected chi connectivity index (χ0v) is 7.62. The van der Waals surface area contributed by atoms with Gasteiger partial charge in [-0.25, -0.2) is 0 Å². The van der Waals surface area contributed by atoms with Gasteiger partial charge in [0, 0.05) is 18.5 Å². The Morgan fingerprint density at radius 1 is 1.42 bits per heavy atom. The van der Waals surface area contributed by atoms with Crippen molar-refractivity contribution < 1.29 is 4.79 Å². The van der Waals surface area contributed by atoms with Gasteiger partial charge in [-0.2, -0.15) is 0 Å². The maximum absolute atomic E-state index is 11.5. The van der Waals surface area contributed by atoms with E-state index in [9.17, 15) is 4.79 Å². The van der Waals surface area contributed by atoms with Crippen molar-refractivity contribution in [1.82, 2.24) is 4.90 Å². The summed E-state index contributed by atoms with van der Waals surface area (Å²) in [7, 11) is 0. The highest BCUT2D eigenvalue weighted by Gasteiger charge is 2.38. The van der Waals surface area contributed by atoms with E-state index < -0.39 is 0 Å². The van der Waals surface area contributed by atoms with E-state index in [4.69, 9.17) is 0 Å². The third kappa shape index (κ3) is 1.13. The van der Waals surface area contributed by atoms with Crippen LogP contribution in [0.1, 0.15) is 39.0 Å². The topological polar surface area (TPSA) is 20.3 Å². The molecule has 12 heavy (non-hydrogen) atoms. The van der Waals surface area contributed by atoms with E-state index in [0.29, 0.717) is 24.4 Å². The molecule has 0 aromatic carbocycles. The molecule has 1 radical (unpaired) electrons. The maximum Gasteiger partial charge on any atom is 0.222 e. The number of fused-ring (bicyclic) bond motifs is 2. The molecule has 2 saturated heterocycles. The number of piperidine rings is 1. The molecule has 0 aromatic rings. The Hall–Kier alpha value is -0.530. The van der Waals surface area contributed by atoms with Crippen LogP contribution in [-0.2, 0) is 4.79 Å². The van der Waals surface area contributed by atoms with Gasteiger partial charge in [-0.05, 0) is 32.1 Å². The van der Waals surface area contributed by atoms with Crippen LogP contribution in [0.5, 0.6) is 0 Å². The van der Waals surface area contributed by atoms with Gasteiger partial charge in [0.15, 0.2) is 0 Å². The molecule has 2 aliphatic rings. The Balaban J connectivity index is 2.10. The fraction of sp³-hybridized carbons (Fsp3) is 0.800. The summed E-state index contributed by atoms with van der Waals surface area (Å²) in [5.74, 6) is 0.357. The number of nitrogens with zero attached hydrogens (tertiary/aromatic N) is 1. The number of rotatable bonds is 1. The van der Waals surface area contributed by atoms with Crippen LogP contribution < -0.4 is 0 Å². The molecule has 0 aliphatic carbocycles. The van der Waals surface area contributed by atoms with Crippen LogP contribution >= 0.6 is 0 Å². The summed E-state index contributed by atoms with van der Waals surface area (Å²) >= 11 is 0. The number of carbonyl (C=O) groups is 1. The molecule has 2 nitrogen and oxygen atoms in total. The molecule has 2 fully saturated rings. The Labute approximate surface area is 73.9 Å². The second-order valence-corrected chi connectivity index (χ2v) is 3.80. The van der Waals surface area contributed by atoms with Gasteiger partial charge in [0.05, 0.1) is 0 Å². The quantitative estimate of drug-likeness (QED) is 0.581. The normalized spacial score (nSPS) is 33.9. The average molecular weight is 166 g/mol. The van der Waals surface area contributed by atoms with E-state index in [0.717, 1.165) is 12.8 Å². The molecule has 2 bridgehead atoms. The van der Waals surface area contributed by atoms with Crippen molar-refractivity contribution in [3.63, 3.8) is 0 Å². The lowest BCUT2D eigenvalue weighted by Crippen LogP contribution is -2.43. The first-order chi connectivity index (χ1) is 5.83. The van der Waals surface area contributed by atoms with Gasteiger partial charge >= 0.3 is 0 Å². The van der Waals surface area contributed by atoms with Crippen LogP contribution in [0.4, 0.5) is 0 Å². The Bertz CT molecular complexity index is 174. The average Bonchev–Trinajstić information content (AvgIpc) is 2.35. The van der Waals surface area contributed by atoms with Crippen molar-refractivity contribution >= 4 is 5.91 Å². The molecule has 1 amide bonds. The maximum atomic E-state index is 11.5. The molecule has 2 rings (SSSR count). The van der Waals surface area contributed by atoms with Crippen LogP contribution in [0.15, 0.2) is 0 Å². The molecule has 0 N–H and O–H groups in total. The SMILES string of the molecule is CCC(=O)N1C2C[CH]CC1CC2. The molecular formula is C10H16NO. The van der Waals surface area contributed by atoms with E-state index in [-0.39, 0.29) is 0 Å². The lowest BCUT2D eigenvalue weighted by Gasteiger charge is -2.34. The Morgan fingerprint density at radius 3 is 2.50 bits per heavy atom. The van der Waals surface area contributed by atoms with Crippen molar-refractivity contribution in [2.75, 3.05) is 0 Å². The molecule has 0 spiro atoms. The molecule has 0 aromatic heterocycles. The summed E-state index contributed by atoms with van der Waals surface area (Å²) in [6.45, 7) is 1.96. The predicted molar refractivity (Wildman–Crippen MR) is 47.5 cm³/mol. The fourth-order valence-corrected chi connectivity index (χ4v) is 2.49. The molecule has 67 valence electrons. The largest absolute Gasteiger partial charge is 0.337 e. The molecule has 2 unspecified atom stereocenters. The van der Waals surface area contributed by atoms with Crippen molar-refractivity contribution in [2.24, 2.45) is 0 Å². The second kappa shape index (κ2) is 3.08. The van der Waals surface area contributed by atoms with Gasteiger partial charge in [-0.1, -0.05) is 6.92 Å². The third-order valence-corrected chi connectivity index (χ3v) is 3.09. The van der Waals surface area contributed by atoms with Crippen LogP contribution in [0.25, 0.3) is 0 Å². The Morgan fingerprint density at radius 2 is 2.00 bits per heavy atom. The lowest BCUT2D eigenvalue weighted by molar-refractivity contribution is -0.134. The zero-order chi connectivity index (χ0) is 8.55. The highest BCUT2D eigenvalue weighted by molar-refractivity contribution is 5.77.